The molecule has 0 amide bonds. The lowest BCUT2D eigenvalue weighted by atomic mass is 10.2. The predicted molar refractivity (Wildman–Crippen MR) is 71.7 cm³/mol. The van der Waals surface area contributed by atoms with E-state index in [1.54, 1.807) is 25.5 Å². The number of benzene rings is 1. The fourth-order valence-electron chi connectivity index (χ4n) is 1.43. The van der Waals surface area contributed by atoms with Crippen LogP contribution in [0.1, 0.15) is 5.56 Å². The maximum Gasteiger partial charge on any atom is 0.141 e. The SMILES string of the molecule is C=CCOc1ccc(/C=N\n2cnnc2)c(OC)c1. The van der Waals surface area contributed by atoms with Crippen LogP contribution in [0.3, 0.4) is 0 Å². The van der Waals surface area contributed by atoms with Crippen molar-refractivity contribution in [2.75, 3.05) is 13.7 Å². The Labute approximate surface area is 111 Å². The normalized spacial score (nSPS) is 10.6. The predicted octanol–water partition coefficient (Wildman–Crippen LogP) is 1.73. The van der Waals surface area contributed by atoms with Crippen molar-refractivity contribution in [1.82, 2.24) is 14.9 Å². The van der Waals surface area contributed by atoms with Crippen molar-refractivity contribution in [1.29, 1.82) is 0 Å². The zero-order valence-corrected chi connectivity index (χ0v) is 10.6. The standard InChI is InChI=1S/C13H14N4O2/c1-3-6-19-12-5-4-11(13(7-12)18-2)8-16-17-9-14-15-10-17/h3-5,7-10H,1,6H2,2H3/b16-8-. The summed E-state index contributed by atoms with van der Waals surface area (Å²) >= 11 is 0. The van der Waals surface area contributed by atoms with Gasteiger partial charge in [-0.25, -0.2) is 4.68 Å². The van der Waals surface area contributed by atoms with Gasteiger partial charge >= 0.3 is 0 Å². The van der Waals surface area contributed by atoms with Crippen LogP contribution in [-0.4, -0.2) is 34.8 Å². The Kier molecular flexibility index (Phi) is 4.28. The number of ether oxygens (including phenoxy) is 2. The molecule has 6 nitrogen and oxygen atoms in total. The van der Waals surface area contributed by atoms with Gasteiger partial charge in [0.25, 0.3) is 0 Å². The molecule has 1 aromatic carbocycles. The molecule has 98 valence electrons. The summed E-state index contributed by atoms with van der Waals surface area (Å²) in [6.07, 6.45) is 6.36. The Hall–Kier alpha value is -2.63. The summed E-state index contributed by atoms with van der Waals surface area (Å²) < 4.78 is 12.2. The van der Waals surface area contributed by atoms with E-state index >= 15 is 0 Å². The van der Waals surface area contributed by atoms with Crippen LogP contribution < -0.4 is 9.47 Å². The summed E-state index contributed by atoms with van der Waals surface area (Å²) in [5.74, 6) is 1.40. The molecular weight excluding hydrogens is 244 g/mol. The molecule has 0 spiro atoms. The Bertz CT molecular complexity index is 564. The average Bonchev–Trinajstić information content (AvgIpc) is 2.96. The van der Waals surface area contributed by atoms with Crippen molar-refractivity contribution < 1.29 is 9.47 Å². The molecular formula is C13H14N4O2. The van der Waals surface area contributed by atoms with Crippen LogP contribution in [0, 0.1) is 0 Å². The second-order valence-corrected chi connectivity index (χ2v) is 3.59. The van der Waals surface area contributed by atoms with Gasteiger partial charge in [0.1, 0.15) is 30.8 Å². The quantitative estimate of drug-likeness (QED) is 0.585. The molecule has 2 rings (SSSR count). The Balaban J connectivity index is 2.18. The highest BCUT2D eigenvalue weighted by atomic mass is 16.5. The number of hydrogen-bond donors (Lipinski definition) is 0. The second kappa shape index (κ2) is 6.34. The highest BCUT2D eigenvalue weighted by molar-refractivity contribution is 5.83. The lowest BCUT2D eigenvalue weighted by Gasteiger charge is -2.08. The van der Waals surface area contributed by atoms with E-state index in [-0.39, 0.29) is 0 Å². The summed E-state index contributed by atoms with van der Waals surface area (Å²) in [5, 5.41) is 11.5. The van der Waals surface area contributed by atoms with E-state index in [0.29, 0.717) is 12.4 Å². The number of methoxy groups -OCH3 is 1. The zero-order valence-electron chi connectivity index (χ0n) is 10.6. The van der Waals surface area contributed by atoms with Crippen molar-refractivity contribution >= 4 is 6.21 Å². The average molecular weight is 258 g/mol. The van der Waals surface area contributed by atoms with Crippen molar-refractivity contribution in [3.05, 3.63) is 49.1 Å². The van der Waals surface area contributed by atoms with E-state index in [1.165, 1.54) is 17.3 Å². The number of nitrogens with zero attached hydrogens (tertiary/aromatic N) is 4. The van der Waals surface area contributed by atoms with Crippen molar-refractivity contribution in [2.45, 2.75) is 0 Å². The van der Waals surface area contributed by atoms with Crippen LogP contribution in [0.25, 0.3) is 0 Å². The van der Waals surface area contributed by atoms with Gasteiger partial charge < -0.3 is 9.47 Å². The molecule has 0 saturated carbocycles. The van der Waals surface area contributed by atoms with Crippen molar-refractivity contribution in [3.63, 3.8) is 0 Å². The number of aromatic nitrogens is 3. The van der Waals surface area contributed by atoms with Gasteiger partial charge in [-0.3, -0.25) is 0 Å². The van der Waals surface area contributed by atoms with Crippen LogP contribution >= 0.6 is 0 Å². The molecule has 0 fully saturated rings. The monoisotopic (exact) mass is 258 g/mol. The first-order valence-corrected chi connectivity index (χ1v) is 5.64. The van der Waals surface area contributed by atoms with Gasteiger partial charge in [-0.15, -0.1) is 10.2 Å². The van der Waals surface area contributed by atoms with E-state index in [9.17, 15) is 0 Å². The van der Waals surface area contributed by atoms with Gasteiger partial charge in [0.05, 0.1) is 13.3 Å². The minimum atomic E-state index is 0.456. The van der Waals surface area contributed by atoms with E-state index in [0.717, 1.165) is 11.3 Å². The summed E-state index contributed by atoms with van der Waals surface area (Å²) in [6.45, 7) is 4.06. The van der Waals surface area contributed by atoms with Crippen LogP contribution in [0.2, 0.25) is 0 Å². The molecule has 0 saturated heterocycles. The topological polar surface area (TPSA) is 61.5 Å². The molecule has 0 N–H and O–H groups in total. The fourth-order valence-corrected chi connectivity index (χ4v) is 1.43. The summed E-state index contributed by atoms with van der Waals surface area (Å²) in [6, 6.07) is 5.52. The molecule has 0 unspecified atom stereocenters. The summed E-state index contributed by atoms with van der Waals surface area (Å²) in [4.78, 5) is 0. The van der Waals surface area contributed by atoms with Gasteiger partial charge in [0.15, 0.2) is 0 Å². The third-order valence-corrected chi connectivity index (χ3v) is 2.31. The van der Waals surface area contributed by atoms with Crippen LogP contribution in [0.5, 0.6) is 11.5 Å². The molecule has 2 aromatic rings. The van der Waals surface area contributed by atoms with E-state index in [4.69, 9.17) is 9.47 Å². The van der Waals surface area contributed by atoms with Crippen molar-refractivity contribution in [2.24, 2.45) is 5.10 Å². The third kappa shape index (κ3) is 3.41. The Morgan fingerprint density at radius 2 is 2.16 bits per heavy atom. The lowest BCUT2D eigenvalue weighted by molar-refractivity contribution is 0.357. The maximum absolute atomic E-state index is 5.44. The molecule has 0 radical (unpaired) electrons. The zero-order chi connectivity index (χ0) is 13.5. The number of rotatable bonds is 6. The van der Waals surface area contributed by atoms with Gasteiger partial charge in [0, 0.05) is 11.6 Å². The van der Waals surface area contributed by atoms with Crippen LogP contribution in [0.15, 0.2) is 48.6 Å². The smallest absolute Gasteiger partial charge is 0.141 e. The Morgan fingerprint density at radius 3 is 2.84 bits per heavy atom. The van der Waals surface area contributed by atoms with Gasteiger partial charge in [-0.2, -0.15) is 5.10 Å². The first kappa shape index (κ1) is 12.8. The molecule has 0 atom stereocenters. The lowest BCUT2D eigenvalue weighted by Crippen LogP contribution is -1.96. The molecule has 1 aromatic heterocycles. The Morgan fingerprint density at radius 1 is 1.37 bits per heavy atom. The molecule has 0 bridgehead atoms. The molecule has 0 aliphatic rings. The second-order valence-electron chi connectivity index (χ2n) is 3.59. The molecule has 1 heterocycles. The molecule has 6 heteroatoms. The van der Waals surface area contributed by atoms with Crippen LogP contribution in [0.4, 0.5) is 0 Å². The van der Waals surface area contributed by atoms with Crippen molar-refractivity contribution in [3.8, 4) is 11.5 Å². The van der Waals surface area contributed by atoms with E-state index in [2.05, 4.69) is 21.9 Å². The first-order valence-electron chi connectivity index (χ1n) is 5.64. The minimum absolute atomic E-state index is 0.456. The van der Waals surface area contributed by atoms with Gasteiger partial charge in [-0.05, 0) is 12.1 Å². The highest BCUT2D eigenvalue weighted by Crippen LogP contribution is 2.23. The fraction of sp³-hybridized carbons (Fsp3) is 0.154. The summed E-state index contributed by atoms with van der Waals surface area (Å²) in [5.41, 5.74) is 0.835. The summed E-state index contributed by atoms with van der Waals surface area (Å²) in [7, 11) is 1.60. The van der Waals surface area contributed by atoms with Gasteiger partial charge in [-0.1, -0.05) is 12.7 Å². The third-order valence-electron chi connectivity index (χ3n) is 2.31. The molecule has 19 heavy (non-hydrogen) atoms. The van der Waals surface area contributed by atoms with Gasteiger partial charge in [0.2, 0.25) is 0 Å². The van der Waals surface area contributed by atoms with Crippen LogP contribution in [-0.2, 0) is 0 Å². The highest BCUT2D eigenvalue weighted by Gasteiger charge is 2.03. The first-order chi connectivity index (χ1) is 9.33. The van der Waals surface area contributed by atoms with E-state index in [1.807, 2.05) is 12.1 Å². The molecule has 0 aliphatic heterocycles. The van der Waals surface area contributed by atoms with E-state index < -0.39 is 0 Å². The maximum atomic E-state index is 5.44. The minimum Gasteiger partial charge on any atom is -0.496 e. The number of hydrogen-bond acceptors (Lipinski definition) is 5. The molecule has 0 aliphatic carbocycles. The largest absolute Gasteiger partial charge is 0.496 e.